The number of carbonyl (C=O) groups is 1. The maximum atomic E-state index is 12.2. The highest BCUT2D eigenvalue weighted by molar-refractivity contribution is 5.94. The molecule has 2 aromatic rings. The Hall–Kier alpha value is -2.28. The van der Waals surface area contributed by atoms with Crippen LogP contribution in [0.4, 0.5) is 0 Å². The predicted octanol–water partition coefficient (Wildman–Crippen LogP) is 0.551. The fraction of sp³-hybridized carbons (Fsp3) is 0.429. The first-order chi connectivity index (χ1) is 9.98. The lowest BCUT2D eigenvalue weighted by Gasteiger charge is -2.49. The summed E-state index contributed by atoms with van der Waals surface area (Å²) in [6.45, 7) is 3.89. The molecule has 1 aliphatic carbocycles. The van der Waals surface area contributed by atoms with Gasteiger partial charge in [0.05, 0.1) is 11.7 Å². The van der Waals surface area contributed by atoms with Gasteiger partial charge in [-0.1, -0.05) is 13.8 Å². The van der Waals surface area contributed by atoms with Crippen molar-refractivity contribution in [1.29, 1.82) is 0 Å². The molecule has 1 saturated carbocycles. The summed E-state index contributed by atoms with van der Waals surface area (Å²) in [6, 6.07) is 3.39. The average molecular weight is 287 g/mol. The molecule has 21 heavy (non-hydrogen) atoms. The molecule has 2 atom stereocenters. The summed E-state index contributed by atoms with van der Waals surface area (Å²) in [5, 5.41) is 16.6. The monoisotopic (exact) mass is 287 g/mol. The van der Waals surface area contributed by atoms with Crippen LogP contribution < -0.4 is 5.32 Å². The Labute approximate surface area is 122 Å². The first-order valence-corrected chi connectivity index (χ1v) is 6.78. The van der Waals surface area contributed by atoms with Crippen molar-refractivity contribution >= 4 is 5.91 Å². The Balaban J connectivity index is 1.69. The molecule has 0 aliphatic heterocycles. The first kappa shape index (κ1) is 13.7. The molecular weight excluding hydrogens is 270 g/mol. The minimum absolute atomic E-state index is 0.0185. The number of rotatable bonds is 3. The van der Waals surface area contributed by atoms with E-state index in [-0.39, 0.29) is 23.5 Å². The van der Waals surface area contributed by atoms with Gasteiger partial charge >= 0.3 is 0 Å². The SMILES string of the molecule is CC1(C)C(O)CC1NC(=O)c1ccc(-n2cncn2)nc1. The van der Waals surface area contributed by atoms with Gasteiger partial charge in [-0.05, 0) is 18.6 Å². The minimum Gasteiger partial charge on any atom is -0.392 e. The van der Waals surface area contributed by atoms with Crippen molar-refractivity contribution in [2.75, 3.05) is 0 Å². The summed E-state index contributed by atoms with van der Waals surface area (Å²) >= 11 is 0. The molecule has 1 aliphatic rings. The van der Waals surface area contributed by atoms with Gasteiger partial charge < -0.3 is 10.4 Å². The molecule has 0 radical (unpaired) electrons. The lowest BCUT2D eigenvalue weighted by Crippen LogP contribution is -2.61. The smallest absolute Gasteiger partial charge is 0.253 e. The van der Waals surface area contributed by atoms with Gasteiger partial charge in [0, 0.05) is 17.7 Å². The van der Waals surface area contributed by atoms with Gasteiger partial charge in [0.2, 0.25) is 0 Å². The number of hydrogen-bond acceptors (Lipinski definition) is 5. The quantitative estimate of drug-likeness (QED) is 0.860. The second-order valence-electron chi connectivity index (χ2n) is 5.84. The molecule has 1 amide bonds. The van der Waals surface area contributed by atoms with Crippen LogP contribution in [-0.4, -0.2) is 42.9 Å². The normalized spacial score (nSPS) is 23.4. The Morgan fingerprint density at radius 3 is 2.81 bits per heavy atom. The Morgan fingerprint density at radius 2 is 2.29 bits per heavy atom. The molecule has 0 saturated heterocycles. The van der Waals surface area contributed by atoms with Crippen molar-refractivity contribution in [2.24, 2.45) is 5.41 Å². The molecule has 2 heterocycles. The van der Waals surface area contributed by atoms with Gasteiger partial charge in [0.1, 0.15) is 12.7 Å². The van der Waals surface area contributed by atoms with Crippen LogP contribution in [0, 0.1) is 5.41 Å². The molecule has 3 rings (SSSR count). The Bertz CT molecular complexity index is 636. The zero-order valence-electron chi connectivity index (χ0n) is 11.9. The van der Waals surface area contributed by atoms with E-state index in [0.29, 0.717) is 17.8 Å². The van der Waals surface area contributed by atoms with Crippen molar-refractivity contribution in [3.8, 4) is 5.82 Å². The number of aliphatic hydroxyl groups excluding tert-OH is 1. The lowest BCUT2D eigenvalue weighted by molar-refractivity contribution is -0.0689. The second-order valence-corrected chi connectivity index (χ2v) is 5.84. The van der Waals surface area contributed by atoms with E-state index in [1.54, 1.807) is 18.5 Å². The highest BCUT2D eigenvalue weighted by Crippen LogP contribution is 2.40. The van der Waals surface area contributed by atoms with Crippen LogP contribution in [0.3, 0.4) is 0 Å². The van der Waals surface area contributed by atoms with E-state index >= 15 is 0 Å². The van der Waals surface area contributed by atoms with Crippen molar-refractivity contribution in [2.45, 2.75) is 32.4 Å². The fourth-order valence-corrected chi connectivity index (χ4v) is 2.37. The zero-order valence-corrected chi connectivity index (χ0v) is 11.9. The number of aliphatic hydroxyl groups is 1. The molecule has 1 fully saturated rings. The van der Waals surface area contributed by atoms with E-state index in [9.17, 15) is 9.90 Å². The highest BCUT2D eigenvalue weighted by Gasteiger charge is 2.47. The zero-order chi connectivity index (χ0) is 15.0. The van der Waals surface area contributed by atoms with Crippen molar-refractivity contribution < 1.29 is 9.90 Å². The molecule has 0 aromatic carbocycles. The topological polar surface area (TPSA) is 92.9 Å². The summed E-state index contributed by atoms with van der Waals surface area (Å²) in [4.78, 5) is 20.2. The highest BCUT2D eigenvalue weighted by atomic mass is 16.3. The lowest BCUT2D eigenvalue weighted by atomic mass is 9.64. The maximum Gasteiger partial charge on any atom is 0.253 e. The number of carbonyl (C=O) groups excluding carboxylic acids is 1. The van der Waals surface area contributed by atoms with Gasteiger partial charge in [-0.3, -0.25) is 4.79 Å². The fourth-order valence-electron chi connectivity index (χ4n) is 2.37. The number of nitrogens with one attached hydrogen (secondary N) is 1. The molecule has 2 unspecified atom stereocenters. The summed E-state index contributed by atoms with van der Waals surface area (Å²) in [7, 11) is 0. The molecular formula is C14H17N5O2. The van der Waals surface area contributed by atoms with Crippen LogP contribution in [0.5, 0.6) is 0 Å². The molecule has 2 N–H and O–H groups in total. The van der Waals surface area contributed by atoms with Crippen LogP contribution in [0.25, 0.3) is 5.82 Å². The first-order valence-electron chi connectivity index (χ1n) is 6.78. The third-order valence-corrected chi connectivity index (χ3v) is 4.18. The van der Waals surface area contributed by atoms with Crippen LogP contribution in [0.2, 0.25) is 0 Å². The van der Waals surface area contributed by atoms with Gasteiger partial charge in [0.25, 0.3) is 5.91 Å². The largest absolute Gasteiger partial charge is 0.392 e. The average Bonchev–Trinajstić information content (AvgIpc) is 3.01. The molecule has 0 spiro atoms. The van der Waals surface area contributed by atoms with E-state index in [2.05, 4.69) is 20.4 Å². The van der Waals surface area contributed by atoms with Gasteiger partial charge in [-0.25, -0.2) is 14.6 Å². The number of pyridine rings is 1. The second kappa shape index (κ2) is 4.92. The third kappa shape index (κ3) is 2.40. The summed E-state index contributed by atoms with van der Waals surface area (Å²) < 4.78 is 1.52. The summed E-state index contributed by atoms with van der Waals surface area (Å²) in [6.07, 6.45) is 4.69. The van der Waals surface area contributed by atoms with E-state index in [1.165, 1.54) is 17.2 Å². The number of amides is 1. The Kier molecular flexibility index (Phi) is 3.21. The summed E-state index contributed by atoms with van der Waals surface area (Å²) in [5.74, 6) is 0.418. The number of aromatic nitrogens is 4. The number of hydrogen-bond donors (Lipinski definition) is 2. The van der Waals surface area contributed by atoms with Crippen molar-refractivity contribution in [1.82, 2.24) is 25.1 Å². The van der Waals surface area contributed by atoms with Gasteiger partial charge in [-0.2, -0.15) is 5.10 Å². The van der Waals surface area contributed by atoms with Gasteiger partial charge in [-0.15, -0.1) is 0 Å². The van der Waals surface area contributed by atoms with Crippen LogP contribution in [0.15, 0.2) is 31.0 Å². The molecule has 0 bridgehead atoms. The standard InChI is InChI=1S/C14H17N5O2/c1-14(2)10(5-11(14)20)18-13(21)9-3-4-12(16-6-9)19-8-15-7-17-19/h3-4,6-8,10-11,20H,5H2,1-2H3,(H,18,21). The Morgan fingerprint density at radius 1 is 1.48 bits per heavy atom. The van der Waals surface area contributed by atoms with E-state index in [1.807, 2.05) is 13.8 Å². The molecule has 7 nitrogen and oxygen atoms in total. The number of nitrogens with zero attached hydrogens (tertiary/aromatic N) is 4. The van der Waals surface area contributed by atoms with Gasteiger partial charge in [0.15, 0.2) is 5.82 Å². The third-order valence-electron chi connectivity index (χ3n) is 4.18. The van der Waals surface area contributed by atoms with Crippen LogP contribution in [-0.2, 0) is 0 Å². The van der Waals surface area contributed by atoms with Crippen LogP contribution >= 0.6 is 0 Å². The molecule has 2 aromatic heterocycles. The van der Waals surface area contributed by atoms with E-state index in [4.69, 9.17) is 0 Å². The molecule has 7 heteroatoms. The minimum atomic E-state index is -0.365. The van der Waals surface area contributed by atoms with Crippen molar-refractivity contribution in [3.05, 3.63) is 36.5 Å². The van der Waals surface area contributed by atoms with Crippen LogP contribution in [0.1, 0.15) is 30.6 Å². The van der Waals surface area contributed by atoms with Crippen molar-refractivity contribution in [3.63, 3.8) is 0 Å². The van der Waals surface area contributed by atoms with E-state index in [0.717, 1.165) is 0 Å². The van der Waals surface area contributed by atoms with E-state index < -0.39 is 0 Å². The molecule has 110 valence electrons. The summed E-state index contributed by atoms with van der Waals surface area (Å²) in [5.41, 5.74) is 0.195. The maximum absolute atomic E-state index is 12.2. The predicted molar refractivity (Wildman–Crippen MR) is 74.8 cm³/mol.